The van der Waals surface area contributed by atoms with Gasteiger partial charge in [0, 0.05) is 32.4 Å². The van der Waals surface area contributed by atoms with Crippen molar-refractivity contribution in [2.45, 2.75) is 77.4 Å². The maximum Gasteiger partial charge on any atom is 0.0806 e. The highest BCUT2D eigenvalue weighted by Crippen LogP contribution is 2.36. The average Bonchev–Trinajstić information content (AvgIpc) is 2.42. The molecule has 1 aliphatic carbocycles. The molecule has 1 N–H and O–H groups in total. The van der Waals surface area contributed by atoms with Crippen molar-refractivity contribution in [1.82, 2.24) is 5.32 Å². The third kappa shape index (κ3) is 6.55. The predicted octanol–water partition coefficient (Wildman–Crippen LogP) is 3.77. The SMILES string of the molecule is CCC1CCC(CNC(C)(C)C)(OCCCOC)CC1. The van der Waals surface area contributed by atoms with Crippen LogP contribution in [0.1, 0.15) is 66.2 Å². The fraction of sp³-hybridized carbons (Fsp3) is 1.00. The zero-order valence-electron chi connectivity index (χ0n) is 14.3. The van der Waals surface area contributed by atoms with E-state index < -0.39 is 0 Å². The van der Waals surface area contributed by atoms with Gasteiger partial charge < -0.3 is 14.8 Å². The summed E-state index contributed by atoms with van der Waals surface area (Å²) in [5.41, 5.74) is 0.206. The highest BCUT2D eigenvalue weighted by atomic mass is 16.5. The lowest BCUT2D eigenvalue weighted by Gasteiger charge is -2.42. The molecular weight excluding hydrogens is 250 g/mol. The Morgan fingerprint density at radius 1 is 1.15 bits per heavy atom. The molecule has 1 aliphatic rings. The topological polar surface area (TPSA) is 30.5 Å². The molecule has 0 aromatic rings. The summed E-state index contributed by atoms with van der Waals surface area (Å²) < 4.78 is 11.4. The maximum absolute atomic E-state index is 6.32. The molecule has 0 aromatic heterocycles. The minimum absolute atomic E-state index is 0.0483. The van der Waals surface area contributed by atoms with Crippen molar-refractivity contribution >= 4 is 0 Å². The molecule has 0 unspecified atom stereocenters. The highest BCUT2D eigenvalue weighted by molar-refractivity contribution is 4.91. The molecule has 0 heterocycles. The van der Waals surface area contributed by atoms with Gasteiger partial charge in [-0.25, -0.2) is 0 Å². The molecule has 3 heteroatoms. The summed E-state index contributed by atoms with van der Waals surface area (Å²) >= 11 is 0. The van der Waals surface area contributed by atoms with Gasteiger partial charge in [0.2, 0.25) is 0 Å². The standard InChI is InChI=1S/C17H35NO2/c1-6-15-8-10-17(11-9-15,14-18-16(2,3)4)20-13-7-12-19-5/h15,18H,6-14H2,1-5H3. The van der Waals surface area contributed by atoms with Crippen LogP contribution in [0.4, 0.5) is 0 Å². The van der Waals surface area contributed by atoms with E-state index in [1.807, 2.05) is 0 Å². The second kappa shape index (κ2) is 8.35. The molecule has 0 spiro atoms. The summed E-state index contributed by atoms with van der Waals surface area (Å²) in [6.45, 7) is 11.6. The Bertz CT molecular complexity index is 252. The summed E-state index contributed by atoms with van der Waals surface area (Å²) in [5, 5.41) is 3.65. The third-order valence-corrected chi connectivity index (χ3v) is 4.44. The summed E-state index contributed by atoms with van der Waals surface area (Å²) in [4.78, 5) is 0. The fourth-order valence-electron chi connectivity index (χ4n) is 2.90. The second-order valence-electron chi connectivity index (χ2n) is 7.33. The number of ether oxygens (including phenoxy) is 2. The molecule has 0 bridgehead atoms. The molecule has 20 heavy (non-hydrogen) atoms. The maximum atomic E-state index is 6.32. The van der Waals surface area contributed by atoms with Gasteiger partial charge in [0.1, 0.15) is 0 Å². The van der Waals surface area contributed by atoms with Gasteiger partial charge in [-0.15, -0.1) is 0 Å². The zero-order valence-corrected chi connectivity index (χ0v) is 14.3. The van der Waals surface area contributed by atoms with Gasteiger partial charge in [0.05, 0.1) is 5.60 Å². The van der Waals surface area contributed by atoms with Gasteiger partial charge in [-0.05, 0) is 58.8 Å². The lowest BCUT2D eigenvalue weighted by atomic mass is 9.77. The van der Waals surface area contributed by atoms with E-state index in [0.717, 1.165) is 32.1 Å². The van der Waals surface area contributed by atoms with Crippen LogP contribution in [-0.4, -0.2) is 38.0 Å². The second-order valence-corrected chi connectivity index (χ2v) is 7.33. The van der Waals surface area contributed by atoms with Crippen LogP contribution in [0.15, 0.2) is 0 Å². The molecule has 1 rings (SSSR count). The van der Waals surface area contributed by atoms with Crippen molar-refractivity contribution in [3.05, 3.63) is 0 Å². The lowest BCUT2D eigenvalue weighted by molar-refractivity contribution is -0.0830. The van der Waals surface area contributed by atoms with Crippen LogP contribution >= 0.6 is 0 Å². The average molecular weight is 285 g/mol. The van der Waals surface area contributed by atoms with Crippen molar-refractivity contribution in [3.63, 3.8) is 0 Å². The Labute approximate surface area is 125 Å². The summed E-state index contributed by atoms with van der Waals surface area (Å²) in [5.74, 6) is 0.903. The Morgan fingerprint density at radius 3 is 2.30 bits per heavy atom. The molecule has 0 radical (unpaired) electrons. The molecule has 0 aliphatic heterocycles. The van der Waals surface area contributed by atoms with Crippen LogP contribution < -0.4 is 5.32 Å². The molecule has 1 saturated carbocycles. The third-order valence-electron chi connectivity index (χ3n) is 4.44. The van der Waals surface area contributed by atoms with E-state index in [-0.39, 0.29) is 11.1 Å². The fourth-order valence-corrected chi connectivity index (χ4v) is 2.90. The molecule has 120 valence electrons. The molecule has 0 atom stereocenters. The first-order valence-electron chi connectivity index (χ1n) is 8.29. The van der Waals surface area contributed by atoms with Gasteiger partial charge in [0.25, 0.3) is 0 Å². The minimum Gasteiger partial charge on any atom is -0.385 e. The number of nitrogens with one attached hydrogen (secondary N) is 1. The predicted molar refractivity (Wildman–Crippen MR) is 85.2 cm³/mol. The number of rotatable bonds is 8. The van der Waals surface area contributed by atoms with Gasteiger partial charge in [-0.2, -0.15) is 0 Å². The van der Waals surface area contributed by atoms with Crippen LogP contribution in [0.25, 0.3) is 0 Å². The molecule has 0 saturated heterocycles. The summed E-state index contributed by atoms with van der Waals surface area (Å²) in [6, 6.07) is 0. The van der Waals surface area contributed by atoms with Crippen molar-refractivity contribution in [2.75, 3.05) is 26.9 Å². The van der Waals surface area contributed by atoms with Crippen LogP contribution in [-0.2, 0) is 9.47 Å². The molecule has 0 aromatic carbocycles. The minimum atomic E-state index is 0.0483. The van der Waals surface area contributed by atoms with Gasteiger partial charge in [0.15, 0.2) is 0 Å². The first-order chi connectivity index (χ1) is 9.41. The van der Waals surface area contributed by atoms with E-state index in [1.54, 1.807) is 7.11 Å². The zero-order chi connectivity index (χ0) is 15.1. The van der Waals surface area contributed by atoms with Crippen molar-refractivity contribution in [1.29, 1.82) is 0 Å². The monoisotopic (exact) mass is 285 g/mol. The van der Waals surface area contributed by atoms with E-state index >= 15 is 0 Å². The smallest absolute Gasteiger partial charge is 0.0806 e. The van der Waals surface area contributed by atoms with Crippen molar-refractivity contribution in [2.24, 2.45) is 5.92 Å². The Morgan fingerprint density at radius 2 is 1.80 bits per heavy atom. The van der Waals surface area contributed by atoms with E-state index in [4.69, 9.17) is 9.47 Å². The Balaban J connectivity index is 2.50. The molecule has 1 fully saturated rings. The van der Waals surface area contributed by atoms with E-state index in [0.29, 0.717) is 0 Å². The molecule has 0 amide bonds. The van der Waals surface area contributed by atoms with Crippen molar-refractivity contribution < 1.29 is 9.47 Å². The normalized spacial score (nSPS) is 27.8. The molecular formula is C17H35NO2. The quantitative estimate of drug-likeness (QED) is 0.689. The van der Waals surface area contributed by atoms with Gasteiger partial charge in [-0.3, -0.25) is 0 Å². The Kier molecular flexibility index (Phi) is 7.49. The van der Waals surface area contributed by atoms with Gasteiger partial charge in [-0.1, -0.05) is 13.3 Å². The number of hydrogen-bond acceptors (Lipinski definition) is 3. The van der Waals surface area contributed by atoms with Crippen LogP contribution in [0.2, 0.25) is 0 Å². The van der Waals surface area contributed by atoms with Crippen LogP contribution in [0, 0.1) is 5.92 Å². The van der Waals surface area contributed by atoms with Crippen LogP contribution in [0.5, 0.6) is 0 Å². The summed E-state index contributed by atoms with van der Waals surface area (Å²) in [6.07, 6.45) is 7.32. The van der Waals surface area contributed by atoms with Crippen LogP contribution in [0.3, 0.4) is 0 Å². The first kappa shape index (κ1) is 17.9. The highest BCUT2D eigenvalue weighted by Gasteiger charge is 2.36. The van der Waals surface area contributed by atoms with Gasteiger partial charge >= 0.3 is 0 Å². The first-order valence-corrected chi connectivity index (χ1v) is 8.29. The summed E-state index contributed by atoms with van der Waals surface area (Å²) in [7, 11) is 1.75. The van der Waals surface area contributed by atoms with E-state index in [1.165, 1.54) is 32.1 Å². The largest absolute Gasteiger partial charge is 0.385 e. The number of hydrogen-bond donors (Lipinski definition) is 1. The van der Waals surface area contributed by atoms with Crippen molar-refractivity contribution in [3.8, 4) is 0 Å². The Hall–Kier alpha value is -0.120. The van der Waals surface area contributed by atoms with E-state index in [9.17, 15) is 0 Å². The van der Waals surface area contributed by atoms with E-state index in [2.05, 4.69) is 33.0 Å². The lowest BCUT2D eigenvalue weighted by Crippen LogP contribution is -2.51. The molecule has 3 nitrogen and oxygen atoms in total. The number of methoxy groups -OCH3 is 1.